The Balaban J connectivity index is 2.36. The van der Waals surface area contributed by atoms with Crippen molar-refractivity contribution >= 4 is 5.97 Å². The molecule has 0 fully saturated rings. The molecule has 0 radical (unpaired) electrons. The summed E-state index contributed by atoms with van der Waals surface area (Å²) in [5.41, 5.74) is 0.613. The van der Waals surface area contributed by atoms with Gasteiger partial charge < -0.3 is 4.74 Å². The van der Waals surface area contributed by atoms with Crippen LogP contribution < -0.4 is 0 Å². The predicted molar refractivity (Wildman–Crippen MR) is 66.8 cm³/mol. The number of benzene rings is 2. The highest BCUT2D eigenvalue weighted by atomic mass is 19.4. The van der Waals surface area contributed by atoms with Gasteiger partial charge in [-0.05, 0) is 23.3 Å². The Labute approximate surface area is 118 Å². The lowest BCUT2D eigenvalue weighted by Crippen LogP contribution is -2.27. The SMILES string of the molecule is O=C(OC(c1ccccc1)c1ccc(F)cc1)C(F)(F)F. The van der Waals surface area contributed by atoms with Crippen LogP contribution in [0.5, 0.6) is 0 Å². The van der Waals surface area contributed by atoms with Crippen LogP contribution in [0.2, 0.25) is 0 Å². The molecule has 21 heavy (non-hydrogen) atoms. The molecule has 0 amide bonds. The van der Waals surface area contributed by atoms with Crippen LogP contribution in [0.1, 0.15) is 17.2 Å². The highest BCUT2D eigenvalue weighted by Crippen LogP contribution is 2.29. The Bertz CT molecular complexity index is 606. The smallest absolute Gasteiger partial charge is 0.446 e. The van der Waals surface area contributed by atoms with Crippen LogP contribution in [0.3, 0.4) is 0 Å². The molecule has 1 unspecified atom stereocenters. The quantitative estimate of drug-likeness (QED) is 0.632. The maximum Gasteiger partial charge on any atom is 0.490 e. The van der Waals surface area contributed by atoms with Crippen LogP contribution >= 0.6 is 0 Å². The number of rotatable bonds is 3. The highest BCUT2D eigenvalue weighted by Gasteiger charge is 2.42. The first kappa shape index (κ1) is 15.0. The van der Waals surface area contributed by atoms with Crippen molar-refractivity contribution in [1.82, 2.24) is 0 Å². The van der Waals surface area contributed by atoms with Crippen LogP contribution in [0.25, 0.3) is 0 Å². The zero-order valence-corrected chi connectivity index (χ0v) is 10.6. The van der Waals surface area contributed by atoms with Crippen molar-refractivity contribution in [2.24, 2.45) is 0 Å². The fourth-order valence-electron chi connectivity index (χ4n) is 1.77. The average molecular weight is 298 g/mol. The number of hydrogen-bond donors (Lipinski definition) is 0. The van der Waals surface area contributed by atoms with Crippen molar-refractivity contribution in [3.8, 4) is 0 Å². The molecule has 0 aliphatic rings. The number of esters is 1. The summed E-state index contributed by atoms with van der Waals surface area (Å²) in [6.07, 6.45) is -6.34. The maximum absolute atomic E-state index is 12.9. The molecular formula is C15H10F4O2. The summed E-state index contributed by atoms with van der Waals surface area (Å²) in [6.45, 7) is 0. The molecule has 1 atom stereocenters. The second-order valence-corrected chi connectivity index (χ2v) is 4.25. The maximum atomic E-state index is 12.9. The minimum atomic E-state index is -5.09. The number of alkyl halides is 3. The Hall–Kier alpha value is -2.37. The van der Waals surface area contributed by atoms with Gasteiger partial charge in [-0.25, -0.2) is 9.18 Å². The third-order valence-electron chi connectivity index (χ3n) is 2.73. The van der Waals surface area contributed by atoms with Gasteiger partial charge >= 0.3 is 12.1 Å². The van der Waals surface area contributed by atoms with E-state index in [-0.39, 0.29) is 5.56 Å². The first-order valence-electron chi connectivity index (χ1n) is 5.96. The van der Waals surface area contributed by atoms with Gasteiger partial charge in [0, 0.05) is 0 Å². The van der Waals surface area contributed by atoms with E-state index in [1.807, 2.05) is 0 Å². The van der Waals surface area contributed by atoms with Crippen molar-refractivity contribution in [2.45, 2.75) is 12.3 Å². The molecule has 0 spiro atoms. The molecule has 110 valence electrons. The van der Waals surface area contributed by atoms with Gasteiger partial charge in [-0.2, -0.15) is 13.2 Å². The van der Waals surface area contributed by atoms with Gasteiger partial charge in [0.1, 0.15) is 5.82 Å². The molecule has 2 aromatic rings. The number of halogens is 4. The fraction of sp³-hybridized carbons (Fsp3) is 0.133. The van der Waals surface area contributed by atoms with E-state index < -0.39 is 24.1 Å². The minimum absolute atomic E-state index is 0.250. The summed E-state index contributed by atoms with van der Waals surface area (Å²) in [7, 11) is 0. The summed E-state index contributed by atoms with van der Waals surface area (Å²) in [5, 5.41) is 0. The molecule has 0 N–H and O–H groups in total. The Morgan fingerprint density at radius 3 is 1.95 bits per heavy atom. The van der Waals surface area contributed by atoms with Crippen LogP contribution in [0, 0.1) is 5.82 Å². The molecule has 0 saturated carbocycles. The van der Waals surface area contributed by atoms with Crippen LogP contribution in [0.15, 0.2) is 54.6 Å². The monoisotopic (exact) mass is 298 g/mol. The van der Waals surface area contributed by atoms with E-state index in [1.54, 1.807) is 18.2 Å². The fourth-order valence-corrected chi connectivity index (χ4v) is 1.77. The summed E-state index contributed by atoms with van der Waals surface area (Å²) in [4.78, 5) is 11.1. The zero-order valence-electron chi connectivity index (χ0n) is 10.6. The molecule has 2 aromatic carbocycles. The van der Waals surface area contributed by atoms with Gasteiger partial charge in [0.15, 0.2) is 6.10 Å². The molecule has 2 rings (SSSR count). The van der Waals surface area contributed by atoms with Crippen LogP contribution in [-0.4, -0.2) is 12.1 Å². The third-order valence-corrected chi connectivity index (χ3v) is 2.73. The predicted octanol–water partition coefficient (Wildman–Crippen LogP) is 4.02. The number of hydrogen-bond acceptors (Lipinski definition) is 2. The zero-order chi connectivity index (χ0) is 15.5. The van der Waals surface area contributed by atoms with Crippen LogP contribution in [-0.2, 0) is 9.53 Å². The summed E-state index contributed by atoms with van der Waals surface area (Å²) in [6, 6.07) is 12.7. The molecule has 6 heteroatoms. The molecule has 0 bridgehead atoms. The molecule has 0 aliphatic heterocycles. The van der Waals surface area contributed by atoms with E-state index in [9.17, 15) is 22.4 Å². The van der Waals surface area contributed by atoms with Gasteiger partial charge in [0.2, 0.25) is 0 Å². The molecule has 0 saturated heterocycles. The summed E-state index contributed by atoms with van der Waals surface area (Å²) >= 11 is 0. The van der Waals surface area contributed by atoms with Crippen molar-refractivity contribution in [2.75, 3.05) is 0 Å². The van der Waals surface area contributed by atoms with E-state index in [0.717, 1.165) is 12.1 Å². The second kappa shape index (κ2) is 5.95. The van der Waals surface area contributed by atoms with Gasteiger partial charge in [0.05, 0.1) is 0 Å². The minimum Gasteiger partial charge on any atom is -0.446 e. The van der Waals surface area contributed by atoms with Crippen molar-refractivity contribution in [3.05, 3.63) is 71.5 Å². The van der Waals surface area contributed by atoms with E-state index in [2.05, 4.69) is 4.74 Å². The van der Waals surface area contributed by atoms with Gasteiger partial charge in [-0.3, -0.25) is 0 Å². The molecule has 0 heterocycles. The lowest BCUT2D eigenvalue weighted by atomic mass is 10.0. The van der Waals surface area contributed by atoms with E-state index in [4.69, 9.17) is 0 Å². The van der Waals surface area contributed by atoms with E-state index in [0.29, 0.717) is 5.56 Å². The van der Waals surface area contributed by atoms with Crippen molar-refractivity contribution in [3.63, 3.8) is 0 Å². The van der Waals surface area contributed by atoms with Gasteiger partial charge in [0.25, 0.3) is 0 Å². The van der Waals surface area contributed by atoms with Crippen molar-refractivity contribution in [1.29, 1.82) is 0 Å². The normalized spacial score (nSPS) is 12.8. The van der Waals surface area contributed by atoms with E-state index >= 15 is 0 Å². The standard InChI is InChI=1S/C15H10F4O2/c16-12-8-6-11(7-9-12)13(10-4-2-1-3-5-10)21-14(20)15(17,18)19/h1-9,13H. The Morgan fingerprint density at radius 1 is 0.905 bits per heavy atom. The van der Waals surface area contributed by atoms with Crippen molar-refractivity contribution < 1.29 is 27.1 Å². The average Bonchev–Trinajstić information content (AvgIpc) is 2.45. The topological polar surface area (TPSA) is 26.3 Å². The molecule has 0 aliphatic carbocycles. The highest BCUT2D eigenvalue weighted by molar-refractivity contribution is 5.76. The number of carbonyl (C=O) groups is 1. The molecular weight excluding hydrogens is 288 g/mol. The van der Waals surface area contributed by atoms with Gasteiger partial charge in [-0.15, -0.1) is 0 Å². The first-order valence-corrected chi connectivity index (χ1v) is 5.96. The second-order valence-electron chi connectivity index (χ2n) is 4.25. The van der Waals surface area contributed by atoms with Gasteiger partial charge in [-0.1, -0.05) is 42.5 Å². The lowest BCUT2D eigenvalue weighted by Gasteiger charge is -2.19. The molecule has 0 aromatic heterocycles. The number of ether oxygens (including phenoxy) is 1. The summed E-state index contributed by atoms with van der Waals surface area (Å²) < 4.78 is 54.6. The molecule has 2 nitrogen and oxygen atoms in total. The van der Waals surface area contributed by atoms with E-state index in [1.165, 1.54) is 24.3 Å². The lowest BCUT2D eigenvalue weighted by molar-refractivity contribution is -0.203. The van der Waals surface area contributed by atoms with Crippen LogP contribution in [0.4, 0.5) is 17.6 Å². The first-order chi connectivity index (χ1) is 9.88. The Morgan fingerprint density at radius 2 is 1.43 bits per heavy atom. The largest absolute Gasteiger partial charge is 0.490 e. The third kappa shape index (κ3) is 3.81. The number of carbonyl (C=O) groups excluding carboxylic acids is 1. The Kier molecular flexibility index (Phi) is 4.26. The summed E-state index contributed by atoms with van der Waals surface area (Å²) in [5.74, 6) is -2.83.